The van der Waals surface area contributed by atoms with Crippen molar-refractivity contribution in [1.82, 2.24) is 10.2 Å². The highest BCUT2D eigenvalue weighted by Gasteiger charge is 2.33. The summed E-state index contributed by atoms with van der Waals surface area (Å²) in [6.45, 7) is 7.65. The van der Waals surface area contributed by atoms with Crippen molar-refractivity contribution < 1.29 is 28.6 Å². The first-order chi connectivity index (χ1) is 14.2. The van der Waals surface area contributed by atoms with Crippen molar-refractivity contribution >= 4 is 29.5 Å². The first-order valence-electron chi connectivity index (χ1n) is 9.89. The van der Waals surface area contributed by atoms with Crippen molar-refractivity contribution in [2.75, 3.05) is 49.6 Å². The van der Waals surface area contributed by atoms with Crippen LogP contribution >= 0.6 is 0 Å². The summed E-state index contributed by atoms with van der Waals surface area (Å²) in [5, 5.41) is 5.74. The first-order valence-corrected chi connectivity index (χ1v) is 9.89. The number of anilines is 2. The number of benzene rings is 1. The summed E-state index contributed by atoms with van der Waals surface area (Å²) < 4.78 is 16.0. The fraction of sp³-hybridized carbons (Fsp3) is 0.550. The van der Waals surface area contributed by atoms with Crippen LogP contribution in [0.1, 0.15) is 20.8 Å². The lowest BCUT2D eigenvalue weighted by molar-refractivity contribution is -0.125. The van der Waals surface area contributed by atoms with Crippen molar-refractivity contribution in [3.05, 3.63) is 24.3 Å². The molecule has 2 saturated heterocycles. The predicted molar refractivity (Wildman–Crippen MR) is 109 cm³/mol. The van der Waals surface area contributed by atoms with Crippen molar-refractivity contribution in [3.8, 4) is 0 Å². The van der Waals surface area contributed by atoms with E-state index in [4.69, 9.17) is 14.2 Å². The molecule has 2 N–H and O–H groups in total. The standard InChI is InChI=1S/C20H28N4O6/c1-20(2,3)30-19(27)24-9-8-21-12-17(24)29-18(26)22-14-4-6-15(7-5-14)23-10-11-28-13-16(23)25/h4-7,17,21H,8-13H2,1-3H3,(H,22,26). The van der Waals surface area contributed by atoms with Crippen LogP contribution in [0.15, 0.2) is 24.3 Å². The van der Waals surface area contributed by atoms with E-state index in [1.54, 1.807) is 49.9 Å². The van der Waals surface area contributed by atoms with E-state index in [0.29, 0.717) is 38.5 Å². The van der Waals surface area contributed by atoms with Gasteiger partial charge in [-0.3, -0.25) is 15.0 Å². The lowest BCUT2D eigenvalue weighted by Crippen LogP contribution is -2.56. The van der Waals surface area contributed by atoms with E-state index < -0.39 is 24.0 Å². The van der Waals surface area contributed by atoms with Crippen LogP contribution < -0.4 is 15.5 Å². The average Bonchev–Trinajstić information content (AvgIpc) is 2.68. The Morgan fingerprint density at radius 3 is 2.60 bits per heavy atom. The zero-order valence-corrected chi connectivity index (χ0v) is 17.5. The van der Waals surface area contributed by atoms with Gasteiger partial charge in [-0.25, -0.2) is 9.59 Å². The van der Waals surface area contributed by atoms with Crippen LogP contribution in [0.5, 0.6) is 0 Å². The zero-order chi connectivity index (χ0) is 21.7. The molecule has 1 atom stereocenters. The third-order valence-corrected chi connectivity index (χ3v) is 4.48. The highest BCUT2D eigenvalue weighted by Crippen LogP contribution is 2.20. The summed E-state index contributed by atoms with van der Waals surface area (Å²) in [5.74, 6) is -0.103. The van der Waals surface area contributed by atoms with E-state index in [9.17, 15) is 14.4 Å². The molecule has 2 heterocycles. The smallest absolute Gasteiger partial charge is 0.413 e. The molecule has 1 aromatic rings. The lowest BCUT2D eigenvalue weighted by Gasteiger charge is -2.36. The van der Waals surface area contributed by atoms with Crippen LogP contribution in [0.2, 0.25) is 0 Å². The Morgan fingerprint density at radius 1 is 1.20 bits per heavy atom. The predicted octanol–water partition coefficient (Wildman–Crippen LogP) is 1.76. The molecule has 0 spiro atoms. The third-order valence-electron chi connectivity index (χ3n) is 4.48. The van der Waals surface area contributed by atoms with Gasteiger partial charge in [0.05, 0.1) is 13.2 Å². The average molecular weight is 420 g/mol. The number of nitrogens with zero attached hydrogens (tertiary/aromatic N) is 2. The van der Waals surface area contributed by atoms with E-state index in [0.717, 1.165) is 5.69 Å². The number of ether oxygens (including phenoxy) is 3. The molecule has 2 aliphatic heterocycles. The minimum absolute atomic E-state index is 0.0654. The number of nitrogens with one attached hydrogen (secondary N) is 2. The van der Waals surface area contributed by atoms with Gasteiger partial charge < -0.3 is 24.4 Å². The lowest BCUT2D eigenvalue weighted by atomic mass is 10.2. The molecule has 10 heteroatoms. The second kappa shape index (κ2) is 9.31. The van der Waals surface area contributed by atoms with Crippen LogP contribution in [0, 0.1) is 0 Å². The number of rotatable bonds is 3. The number of carbonyl (C=O) groups excluding carboxylic acids is 3. The van der Waals surface area contributed by atoms with E-state index in [1.165, 1.54) is 4.90 Å². The Morgan fingerprint density at radius 2 is 1.93 bits per heavy atom. The van der Waals surface area contributed by atoms with Crippen LogP contribution in [-0.4, -0.2) is 74.2 Å². The molecule has 2 aliphatic rings. The maximum absolute atomic E-state index is 12.4. The fourth-order valence-corrected chi connectivity index (χ4v) is 3.10. The van der Waals surface area contributed by atoms with Crippen molar-refractivity contribution in [3.63, 3.8) is 0 Å². The van der Waals surface area contributed by atoms with Crippen LogP contribution in [0.25, 0.3) is 0 Å². The van der Waals surface area contributed by atoms with Crippen molar-refractivity contribution in [2.45, 2.75) is 32.6 Å². The van der Waals surface area contributed by atoms with Crippen LogP contribution in [-0.2, 0) is 19.0 Å². The Bertz CT molecular complexity index is 776. The quantitative estimate of drug-likeness (QED) is 0.767. The largest absolute Gasteiger partial charge is 0.444 e. The molecule has 3 amide bonds. The van der Waals surface area contributed by atoms with Crippen LogP contribution in [0.4, 0.5) is 21.0 Å². The van der Waals surface area contributed by atoms with Crippen molar-refractivity contribution in [2.24, 2.45) is 0 Å². The molecule has 1 unspecified atom stereocenters. The summed E-state index contributed by atoms with van der Waals surface area (Å²) >= 11 is 0. The molecule has 30 heavy (non-hydrogen) atoms. The molecule has 0 aliphatic carbocycles. The van der Waals surface area contributed by atoms with Gasteiger partial charge in [-0.2, -0.15) is 0 Å². The molecular formula is C20H28N4O6. The van der Waals surface area contributed by atoms with Crippen molar-refractivity contribution in [1.29, 1.82) is 0 Å². The third kappa shape index (κ3) is 5.83. The van der Waals surface area contributed by atoms with E-state index in [1.807, 2.05) is 0 Å². The molecule has 2 fully saturated rings. The minimum Gasteiger partial charge on any atom is -0.444 e. The van der Waals surface area contributed by atoms with E-state index in [-0.39, 0.29) is 12.5 Å². The molecule has 0 bridgehead atoms. The maximum atomic E-state index is 12.4. The summed E-state index contributed by atoms with van der Waals surface area (Å²) in [6.07, 6.45) is -1.99. The minimum atomic E-state index is -0.779. The van der Waals surface area contributed by atoms with Gasteiger partial charge in [0.25, 0.3) is 5.91 Å². The maximum Gasteiger partial charge on any atom is 0.413 e. The molecule has 0 saturated carbocycles. The van der Waals surface area contributed by atoms with Gasteiger partial charge in [-0.05, 0) is 45.0 Å². The Hall–Kier alpha value is -2.85. The molecule has 0 radical (unpaired) electrons. The van der Waals surface area contributed by atoms with Gasteiger partial charge in [0, 0.05) is 31.0 Å². The second-order valence-corrected chi connectivity index (χ2v) is 8.01. The van der Waals surface area contributed by atoms with Crippen LogP contribution in [0.3, 0.4) is 0 Å². The summed E-state index contributed by atoms with van der Waals surface area (Å²) in [7, 11) is 0. The number of amides is 3. The van der Waals surface area contributed by atoms with Gasteiger partial charge in [-0.1, -0.05) is 0 Å². The number of hydrogen-bond donors (Lipinski definition) is 2. The zero-order valence-electron chi connectivity index (χ0n) is 17.5. The Labute approximate surface area is 175 Å². The molecular weight excluding hydrogens is 392 g/mol. The van der Waals surface area contributed by atoms with E-state index >= 15 is 0 Å². The number of piperazine rings is 1. The molecule has 3 rings (SSSR count). The van der Waals surface area contributed by atoms with Gasteiger partial charge in [-0.15, -0.1) is 0 Å². The van der Waals surface area contributed by atoms with Gasteiger partial charge in [0.15, 0.2) is 6.23 Å². The Balaban J connectivity index is 1.57. The van der Waals surface area contributed by atoms with Gasteiger partial charge >= 0.3 is 12.2 Å². The second-order valence-electron chi connectivity index (χ2n) is 8.01. The number of morpholine rings is 1. The Kier molecular flexibility index (Phi) is 6.78. The van der Waals surface area contributed by atoms with E-state index in [2.05, 4.69) is 10.6 Å². The highest BCUT2D eigenvalue weighted by atomic mass is 16.6. The van der Waals surface area contributed by atoms with Gasteiger partial charge in [0.1, 0.15) is 12.2 Å². The number of hydrogen-bond acceptors (Lipinski definition) is 7. The summed E-state index contributed by atoms with van der Waals surface area (Å²) in [6, 6.07) is 6.86. The summed E-state index contributed by atoms with van der Waals surface area (Å²) in [5.41, 5.74) is 0.602. The normalized spacial score (nSPS) is 20.0. The highest BCUT2D eigenvalue weighted by molar-refractivity contribution is 5.95. The van der Waals surface area contributed by atoms with Gasteiger partial charge in [0.2, 0.25) is 0 Å². The molecule has 164 valence electrons. The molecule has 10 nitrogen and oxygen atoms in total. The summed E-state index contributed by atoms with van der Waals surface area (Å²) in [4.78, 5) is 39.7. The fourth-order valence-electron chi connectivity index (χ4n) is 3.10. The molecule has 1 aromatic carbocycles. The monoisotopic (exact) mass is 420 g/mol. The first kappa shape index (κ1) is 21.8. The molecule has 0 aromatic heterocycles. The number of carbonyl (C=O) groups is 3. The topological polar surface area (TPSA) is 109 Å². The SMILES string of the molecule is CC(C)(C)OC(=O)N1CCNCC1OC(=O)Nc1ccc(N2CCOCC2=O)cc1.